The van der Waals surface area contributed by atoms with E-state index in [1.54, 1.807) is 17.7 Å². The summed E-state index contributed by atoms with van der Waals surface area (Å²) in [4.78, 5) is 14.8. The summed E-state index contributed by atoms with van der Waals surface area (Å²) in [5.74, 6) is -0.458. The van der Waals surface area contributed by atoms with Crippen molar-refractivity contribution in [2.24, 2.45) is 7.05 Å². The van der Waals surface area contributed by atoms with E-state index < -0.39 is 5.97 Å². The first-order valence-corrected chi connectivity index (χ1v) is 4.43. The van der Waals surface area contributed by atoms with Crippen LogP contribution in [0.3, 0.4) is 0 Å². The predicted octanol–water partition coefficient (Wildman–Crippen LogP) is 1.19. The lowest BCUT2D eigenvalue weighted by atomic mass is 10.2. The topological polar surface area (TPSA) is 75.3 Å². The number of aryl methyl sites for hydroxylation is 1. The molecule has 0 aliphatic carbocycles. The Morgan fingerprint density at radius 1 is 1.50 bits per heavy atom. The number of aliphatic hydroxyl groups is 1. The second-order valence-corrected chi connectivity index (χ2v) is 3.25. The van der Waals surface area contributed by atoms with Gasteiger partial charge in [-0.05, 0) is 18.2 Å². The first-order chi connectivity index (χ1) is 7.13. The number of nitrogens with zero attached hydrogens (tertiary/aromatic N) is 2. The largest absolute Gasteiger partial charge is 0.478 e. The van der Waals surface area contributed by atoms with Gasteiger partial charge in [0.2, 0.25) is 0 Å². The number of aliphatic hydroxyl groups excluding tert-OH is 1. The minimum atomic E-state index is -0.979. The Labute approximate surface area is 97.7 Å². The SMILES string of the molecule is Cl.Cn1c(CO)nc2cc(C(=O)O)ccc21. The summed E-state index contributed by atoms with van der Waals surface area (Å²) in [6, 6.07) is 4.70. The van der Waals surface area contributed by atoms with Gasteiger partial charge in [-0.3, -0.25) is 0 Å². The number of rotatable bonds is 2. The number of aromatic carboxylic acids is 1. The van der Waals surface area contributed by atoms with Crippen molar-refractivity contribution in [1.29, 1.82) is 0 Å². The number of imidazole rings is 1. The Balaban J connectivity index is 0.00000128. The van der Waals surface area contributed by atoms with Gasteiger partial charge in [0.25, 0.3) is 0 Å². The van der Waals surface area contributed by atoms with Crippen molar-refractivity contribution in [1.82, 2.24) is 9.55 Å². The molecule has 0 radical (unpaired) electrons. The highest BCUT2D eigenvalue weighted by Crippen LogP contribution is 2.16. The Bertz CT molecular complexity index is 536. The van der Waals surface area contributed by atoms with Crippen LogP contribution in [0.15, 0.2) is 18.2 Å². The second-order valence-electron chi connectivity index (χ2n) is 3.25. The lowest BCUT2D eigenvalue weighted by Gasteiger charge is -1.97. The number of carboxylic acid groups (broad SMARTS) is 1. The van der Waals surface area contributed by atoms with Crippen LogP contribution in [0.4, 0.5) is 0 Å². The zero-order valence-corrected chi connectivity index (χ0v) is 9.36. The molecule has 86 valence electrons. The molecule has 0 spiro atoms. The van der Waals surface area contributed by atoms with E-state index >= 15 is 0 Å². The summed E-state index contributed by atoms with van der Waals surface area (Å²) in [5, 5.41) is 17.8. The standard InChI is InChI=1S/C10H10N2O3.ClH/c1-12-8-3-2-6(10(14)15)4-7(8)11-9(12)5-13;/h2-4,13H,5H2,1H3,(H,14,15);1H. The first kappa shape index (κ1) is 12.5. The van der Waals surface area contributed by atoms with Crippen LogP contribution >= 0.6 is 12.4 Å². The number of halogens is 1. The Morgan fingerprint density at radius 2 is 2.19 bits per heavy atom. The number of benzene rings is 1. The summed E-state index contributed by atoms with van der Waals surface area (Å²) in [5.41, 5.74) is 1.59. The van der Waals surface area contributed by atoms with Crippen molar-refractivity contribution < 1.29 is 15.0 Å². The summed E-state index contributed by atoms with van der Waals surface area (Å²) >= 11 is 0. The van der Waals surface area contributed by atoms with E-state index in [-0.39, 0.29) is 24.6 Å². The Hall–Kier alpha value is -1.59. The van der Waals surface area contributed by atoms with Crippen molar-refractivity contribution in [3.05, 3.63) is 29.6 Å². The van der Waals surface area contributed by atoms with Gasteiger partial charge in [0.15, 0.2) is 0 Å². The molecule has 6 heteroatoms. The lowest BCUT2D eigenvalue weighted by Crippen LogP contribution is -1.97. The van der Waals surface area contributed by atoms with Crippen LogP contribution in [0.1, 0.15) is 16.2 Å². The number of hydrogen-bond acceptors (Lipinski definition) is 3. The second kappa shape index (κ2) is 4.51. The molecule has 1 heterocycles. The van der Waals surface area contributed by atoms with Gasteiger partial charge >= 0.3 is 5.97 Å². The summed E-state index contributed by atoms with van der Waals surface area (Å²) in [6.07, 6.45) is 0. The number of hydrogen-bond donors (Lipinski definition) is 2. The van der Waals surface area contributed by atoms with Crippen molar-refractivity contribution >= 4 is 29.4 Å². The van der Waals surface area contributed by atoms with Crippen LogP contribution in [0, 0.1) is 0 Å². The van der Waals surface area contributed by atoms with Crippen LogP contribution in [0.25, 0.3) is 11.0 Å². The molecule has 2 rings (SSSR count). The molecule has 2 aromatic rings. The van der Waals surface area contributed by atoms with E-state index in [4.69, 9.17) is 10.2 Å². The minimum Gasteiger partial charge on any atom is -0.478 e. The average Bonchev–Trinajstić information content (AvgIpc) is 2.55. The molecule has 0 fully saturated rings. The lowest BCUT2D eigenvalue weighted by molar-refractivity contribution is 0.0697. The van der Waals surface area contributed by atoms with Gasteiger partial charge in [0, 0.05) is 7.05 Å². The maximum absolute atomic E-state index is 10.7. The molecule has 5 nitrogen and oxygen atoms in total. The van der Waals surface area contributed by atoms with Gasteiger partial charge in [0.05, 0.1) is 16.6 Å². The quantitative estimate of drug-likeness (QED) is 0.829. The Morgan fingerprint density at radius 3 is 2.75 bits per heavy atom. The first-order valence-electron chi connectivity index (χ1n) is 4.43. The third-order valence-corrected chi connectivity index (χ3v) is 2.36. The molecule has 0 bridgehead atoms. The van der Waals surface area contributed by atoms with Crippen molar-refractivity contribution in [3.8, 4) is 0 Å². The van der Waals surface area contributed by atoms with Gasteiger partial charge < -0.3 is 14.8 Å². The van der Waals surface area contributed by atoms with E-state index in [0.29, 0.717) is 11.3 Å². The zero-order valence-electron chi connectivity index (χ0n) is 8.54. The smallest absolute Gasteiger partial charge is 0.335 e. The third kappa shape index (κ3) is 1.87. The fourth-order valence-electron chi connectivity index (χ4n) is 1.52. The van der Waals surface area contributed by atoms with Gasteiger partial charge in [-0.1, -0.05) is 0 Å². The average molecular weight is 243 g/mol. The number of carbonyl (C=O) groups is 1. The van der Waals surface area contributed by atoms with Gasteiger partial charge in [-0.15, -0.1) is 12.4 Å². The monoisotopic (exact) mass is 242 g/mol. The molecule has 0 saturated heterocycles. The highest BCUT2D eigenvalue weighted by molar-refractivity contribution is 5.92. The van der Waals surface area contributed by atoms with E-state index in [9.17, 15) is 4.79 Å². The Kier molecular flexibility index (Phi) is 3.51. The fourth-order valence-corrected chi connectivity index (χ4v) is 1.52. The minimum absolute atomic E-state index is 0. The van der Waals surface area contributed by atoms with Gasteiger partial charge in [-0.2, -0.15) is 0 Å². The molecule has 16 heavy (non-hydrogen) atoms. The normalized spacial score (nSPS) is 10.1. The fraction of sp³-hybridized carbons (Fsp3) is 0.200. The predicted molar refractivity (Wildman–Crippen MR) is 60.8 cm³/mol. The molecular weight excluding hydrogens is 232 g/mol. The highest BCUT2D eigenvalue weighted by Gasteiger charge is 2.09. The molecule has 2 N–H and O–H groups in total. The number of aromatic nitrogens is 2. The summed E-state index contributed by atoms with van der Waals surface area (Å²) in [6.45, 7) is -0.159. The van der Waals surface area contributed by atoms with Crippen molar-refractivity contribution in [3.63, 3.8) is 0 Å². The highest BCUT2D eigenvalue weighted by atomic mass is 35.5. The molecule has 0 aliphatic heterocycles. The van der Waals surface area contributed by atoms with E-state index in [2.05, 4.69) is 4.98 Å². The molecule has 0 aliphatic rings. The van der Waals surface area contributed by atoms with E-state index in [1.165, 1.54) is 12.1 Å². The van der Waals surface area contributed by atoms with Crippen molar-refractivity contribution in [2.45, 2.75) is 6.61 Å². The molecule has 1 aromatic heterocycles. The van der Waals surface area contributed by atoms with Crippen LogP contribution in [-0.2, 0) is 13.7 Å². The van der Waals surface area contributed by atoms with E-state index in [0.717, 1.165) is 5.52 Å². The number of fused-ring (bicyclic) bond motifs is 1. The summed E-state index contributed by atoms with van der Waals surface area (Å²) < 4.78 is 1.74. The van der Waals surface area contributed by atoms with Crippen LogP contribution < -0.4 is 0 Å². The van der Waals surface area contributed by atoms with E-state index in [1.807, 2.05) is 0 Å². The molecule has 0 atom stereocenters. The number of carboxylic acids is 1. The summed E-state index contributed by atoms with van der Waals surface area (Å²) in [7, 11) is 1.78. The van der Waals surface area contributed by atoms with Crippen LogP contribution in [0.5, 0.6) is 0 Å². The zero-order chi connectivity index (χ0) is 11.0. The van der Waals surface area contributed by atoms with Crippen LogP contribution in [0.2, 0.25) is 0 Å². The van der Waals surface area contributed by atoms with Gasteiger partial charge in [0.1, 0.15) is 12.4 Å². The molecule has 0 amide bonds. The molecule has 0 unspecified atom stereocenters. The van der Waals surface area contributed by atoms with Crippen LogP contribution in [-0.4, -0.2) is 25.7 Å². The van der Waals surface area contributed by atoms with Crippen molar-refractivity contribution in [2.75, 3.05) is 0 Å². The molecule has 1 aromatic carbocycles. The maximum Gasteiger partial charge on any atom is 0.335 e. The third-order valence-electron chi connectivity index (χ3n) is 2.36. The maximum atomic E-state index is 10.7. The van der Waals surface area contributed by atoms with Gasteiger partial charge in [-0.25, -0.2) is 9.78 Å². The molecule has 0 saturated carbocycles. The molecular formula is C10H11ClN2O3.